The molecule has 4 aromatic rings. The molecule has 0 saturated carbocycles. The Hall–Kier alpha value is -3.25. The summed E-state index contributed by atoms with van der Waals surface area (Å²) in [5, 5.41) is 16.4. The topological polar surface area (TPSA) is 51.6 Å². The van der Waals surface area contributed by atoms with E-state index in [0.717, 1.165) is 22.2 Å². The normalized spacial score (nSPS) is 12.2. The first-order chi connectivity index (χ1) is 12.2. The monoisotopic (exact) mass is 325 g/mol. The van der Waals surface area contributed by atoms with Gasteiger partial charge in [0.2, 0.25) is 0 Å². The molecule has 1 unspecified atom stereocenters. The highest BCUT2D eigenvalue weighted by Crippen LogP contribution is 2.31. The third kappa shape index (κ3) is 2.62. The van der Waals surface area contributed by atoms with Crippen molar-refractivity contribution in [2.24, 2.45) is 0 Å². The molecular weight excluding hydrogens is 306 g/mol. The van der Waals surface area contributed by atoms with Crippen molar-refractivity contribution >= 4 is 27.4 Å². The number of nitrogens with one attached hydrogen (secondary N) is 2. The lowest BCUT2D eigenvalue weighted by molar-refractivity contribution is 0.888. The van der Waals surface area contributed by atoms with Crippen molar-refractivity contribution in [1.29, 1.82) is 5.26 Å². The third-order valence-electron chi connectivity index (χ3n) is 4.81. The fourth-order valence-electron chi connectivity index (χ4n) is 3.42. The van der Waals surface area contributed by atoms with Crippen molar-refractivity contribution in [3.63, 3.8) is 0 Å². The zero-order valence-electron chi connectivity index (χ0n) is 14.3. The highest BCUT2D eigenvalue weighted by Gasteiger charge is 2.13. The molecule has 1 atom stereocenters. The summed E-state index contributed by atoms with van der Waals surface area (Å²) in [6.07, 6.45) is 1.78. The molecule has 122 valence electrons. The first kappa shape index (κ1) is 15.3. The zero-order valence-corrected chi connectivity index (χ0v) is 14.3. The van der Waals surface area contributed by atoms with Crippen molar-refractivity contribution in [2.75, 3.05) is 5.32 Å². The SMILES string of the molecule is Cc1ccc(NC(C)c2ccc3ccccc3c2)c2[nH]cc(C#N)c12. The van der Waals surface area contributed by atoms with E-state index in [9.17, 15) is 5.26 Å². The first-order valence-electron chi connectivity index (χ1n) is 8.43. The summed E-state index contributed by atoms with van der Waals surface area (Å²) in [6, 6.07) is 21.5. The van der Waals surface area contributed by atoms with E-state index in [1.807, 2.05) is 6.92 Å². The second-order valence-corrected chi connectivity index (χ2v) is 6.47. The Morgan fingerprint density at radius 1 is 1.04 bits per heavy atom. The number of rotatable bonds is 3. The Morgan fingerprint density at radius 2 is 1.84 bits per heavy atom. The van der Waals surface area contributed by atoms with Gasteiger partial charge in [0.15, 0.2) is 0 Å². The number of nitriles is 1. The molecule has 0 bridgehead atoms. The van der Waals surface area contributed by atoms with Gasteiger partial charge in [-0.2, -0.15) is 5.26 Å². The molecule has 0 fully saturated rings. The maximum Gasteiger partial charge on any atom is 0.101 e. The smallest absolute Gasteiger partial charge is 0.101 e. The van der Waals surface area contributed by atoms with Crippen LogP contribution in [0.2, 0.25) is 0 Å². The molecule has 3 nitrogen and oxygen atoms in total. The highest BCUT2D eigenvalue weighted by molar-refractivity contribution is 5.97. The highest BCUT2D eigenvalue weighted by atomic mass is 14.9. The average Bonchev–Trinajstić information content (AvgIpc) is 3.09. The molecule has 1 aromatic heterocycles. The summed E-state index contributed by atoms with van der Waals surface area (Å²) in [5.74, 6) is 0. The van der Waals surface area contributed by atoms with Gasteiger partial charge in [0.05, 0.1) is 16.8 Å². The molecule has 0 radical (unpaired) electrons. The summed E-state index contributed by atoms with van der Waals surface area (Å²) in [4.78, 5) is 3.25. The minimum absolute atomic E-state index is 0.157. The molecule has 4 rings (SSSR count). The fourth-order valence-corrected chi connectivity index (χ4v) is 3.42. The van der Waals surface area contributed by atoms with E-state index < -0.39 is 0 Å². The zero-order chi connectivity index (χ0) is 17.4. The lowest BCUT2D eigenvalue weighted by atomic mass is 10.0. The molecule has 3 aromatic carbocycles. The van der Waals surface area contributed by atoms with Crippen LogP contribution in [0.25, 0.3) is 21.7 Å². The quantitative estimate of drug-likeness (QED) is 0.509. The number of H-pyrrole nitrogens is 1. The van der Waals surface area contributed by atoms with E-state index in [0.29, 0.717) is 5.56 Å². The van der Waals surface area contributed by atoms with Crippen molar-refractivity contribution in [1.82, 2.24) is 4.98 Å². The van der Waals surface area contributed by atoms with Gasteiger partial charge < -0.3 is 10.3 Å². The number of hydrogen-bond donors (Lipinski definition) is 2. The van der Waals surface area contributed by atoms with Gasteiger partial charge in [-0.15, -0.1) is 0 Å². The maximum atomic E-state index is 9.31. The van der Waals surface area contributed by atoms with E-state index in [1.165, 1.54) is 16.3 Å². The van der Waals surface area contributed by atoms with E-state index in [4.69, 9.17) is 0 Å². The molecular formula is C22H19N3. The van der Waals surface area contributed by atoms with Crippen LogP contribution >= 0.6 is 0 Å². The van der Waals surface area contributed by atoms with Gasteiger partial charge >= 0.3 is 0 Å². The van der Waals surface area contributed by atoms with Gasteiger partial charge in [-0.3, -0.25) is 0 Å². The lowest BCUT2D eigenvalue weighted by Crippen LogP contribution is -2.07. The van der Waals surface area contributed by atoms with Gasteiger partial charge in [-0.05, 0) is 47.9 Å². The molecule has 2 N–H and O–H groups in total. The Morgan fingerprint density at radius 3 is 2.64 bits per heavy atom. The summed E-state index contributed by atoms with van der Waals surface area (Å²) in [7, 11) is 0. The van der Waals surface area contributed by atoms with Gasteiger partial charge in [-0.25, -0.2) is 0 Å². The second-order valence-electron chi connectivity index (χ2n) is 6.47. The number of nitrogens with zero attached hydrogens (tertiary/aromatic N) is 1. The average molecular weight is 325 g/mol. The summed E-state index contributed by atoms with van der Waals surface area (Å²) >= 11 is 0. The fraction of sp³-hybridized carbons (Fsp3) is 0.136. The lowest BCUT2D eigenvalue weighted by Gasteiger charge is -2.17. The summed E-state index contributed by atoms with van der Waals surface area (Å²) < 4.78 is 0. The molecule has 0 saturated heterocycles. The number of aryl methyl sites for hydroxylation is 1. The standard InChI is InChI=1S/C22H19N3/c1-14-7-10-20(22-21(14)19(12-23)13-24-22)25-15(2)17-9-8-16-5-3-4-6-18(16)11-17/h3-11,13,15,24-25H,1-2H3. The van der Waals surface area contributed by atoms with Crippen molar-refractivity contribution in [3.8, 4) is 6.07 Å². The number of benzene rings is 3. The molecule has 0 aliphatic rings. The number of aromatic nitrogens is 1. The van der Waals surface area contributed by atoms with Crippen LogP contribution in [0, 0.1) is 18.3 Å². The van der Waals surface area contributed by atoms with Crippen LogP contribution in [0.5, 0.6) is 0 Å². The van der Waals surface area contributed by atoms with Crippen LogP contribution < -0.4 is 5.32 Å². The van der Waals surface area contributed by atoms with Gasteiger partial charge in [0.25, 0.3) is 0 Å². The van der Waals surface area contributed by atoms with E-state index in [-0.39, 0.29) is 6.04 Å². The second kappa shape index (κ2) is 5.99. The summed E-state index contributed by atoms with van der Waals surface area (Å²) in [6.45, 7) is 4.19. The van der Waals surface area contributed by atoms with E-state index in [2.05, 4.69) is 77.9 Å². The first-order valence-corrected chi connectivity index (χ1v) is 8.43. The van der Waals surface area contributed by atoms with Gasteiger partial charge in [0.1, 0.15) is 6.07 Å². The van der Waals surface area contributed by atoms with Crippen molar-refractivity contribution in [2.45, 2.75) is 19.9 Å². The summed E-state index contributed by atoms with van der Waals surface area (Å²) in [5.41, 5.74) is 5.04. The van der Waals surface area contributed by atoms with Crippen LogP contribution in [0.4, 0.5) is 5.69 Å². The van der Waals surface area contributed by atoms with Gasteiger partial charge in [0, 0.05) is 17.6 Å². The minimum Gasteiger partial charge on any atom is -0.377 e. The Balaban J connectivity index is 1.71. The Bertz CT molecular complexity index is 1120. The molecule has 0 spiro atoms. The predicted molar refractivity (Wildman–Crippen MR) is 104 cm³/mol. The van der Waals surface area contributed by atoms with E-state index in [1.54, 1.807) is 6.20 Å². The van der Waals surface area contributed by atoms with Crippen LogP contribution in [0.1, 0.15) is 29.7 Å². The number of fused-ring (bicyclic) bond motifs is 2. The predicted octanol–water partition coefficient (Wildman–Crippen LogP) is 5.67. The number of aromatic amines is 1. The molecule has 25 heavy (non-hydrogen) atoms. The maximum absolute atomic E-state index is 9.31. The molecule has 0 amide bonds. The van der Waals surface area contributed by atoms with Crippen LogP contribution in [-0.2, 0) is 0 Å². The Labute approximate surface area is 146 Å². The number of hydrogen-bond acceptors (Lipinski definition) is 2. The van der Waals surface area contributed by atoms with Gasteiger partial charge in [-0.1, -0.05) is 42.5 Å². The molecule has 1 heterocycles. The van der Waals surface area contributed by atoms with Crippen LogP contribution in [-0.4, -0.2) is 4.98 Å². The largest absolute Gasteiger partial charge is 0.377 e. The molecule has 0 aliphatic heterocycles. The van der Waals surface area contributed by atoms with Crippen LogP contribution in [0.3, 0.4) is 0 Å². The molecule has 3 heteroatoms. The number of anilines is 1. The third-order valence-corrected chi connectivity index (χ3v) is 4.81. The Kier molecular flexibility index (Phi) is 3.66. The minimum atomic E-state index is 0.157. The molecule has 0 aliphatic carbocycles. The van der Waals surface area contributed by atoms with E-state index >= 15 is 0 Å². The van der Waals surface area contributed by atoms with Crippen LogP contribution in [0.15, 0.2) is 60.8 Å². The van der Waals surface area contributed by atoms with Crippen molar-refractivity contribution < 1.29 is 0 Å². The van der Waals surface area contributed by atoms with Crippen molar-refractivity contribution in [3.05, 3.63) is 77.5 Å².